The third-order valence-electron chi connectivity index (χ3n) is 6.12. The van der Waals surface area contributed by atoms with Gasteiger partial charge in [-0.3, -0.25) is 15.0 Å². The number of nitrogens with zero attached hydrogens (tertiary/aromatic N) is 2. The Kier molecular flexibility index (Phi) is 8.65. The second-order valence-electron chi connectivity index (χ2n) is 8.46. The lowest BCUT2D eigenvalue weighted by atomic mass is 10.1. The number of sulfonamides is 1. The third-order valence-corrected chi connectivity index (χ3v) is 8.02. The maximum absolute atomic E-state index is 13.8. The largest absolute Gasteiger partial charge is 0.394 e. The van der Waals surface area contributed by atoms with Gasteiger partial charge in [0, 0.05) is 19.6 Å². The monoisotopic (exact) mass is 504 g/mol. The highest BCUT2D eigenvalue weighted by Gasteiger charge is 2.41. The lowest BCUT2D eigenvalue weighted by molar-refractivity contribution is -0.141. The number of unbranched alkanes of at least 4 members (excludes halogenated alkanes) is 1. The minimum Gasteiger partial charge on any atom is -0.394 e. The number of likely N-dealkylation sites (tertiary alicyclic amines) is 1. The second kappa shape index (κ2) is 11.5. The highest BCUT2D eigenvalue weighted by molar-refractivity contribution is 7.89. The number of guanidine groups is 1. The van der Waals surface area contributed by atoms with E-state index in [1.54, 1.807) is 18.2 Å². The van der Waals surface area contributed by atoms with Gasteiger partial charge < -0.3 is 26.8 Å². The van der Waals surface area contributed by atoms with Crippen molar-refractivity contribution >= 4 is 38.6 Å². The molecule has 0 bridgehead atoms. The molecule has 12 heteroatoms. The van der Waals surface area contributed by atoms with Crippen LogP contribution < -0.4 is 16.8 Å². The number of benzene rings is 2. The fraction of sp³-hybridized carbons (Fsp3) is 0.435. The van der Waals surface area contributed by atoms with E-state index in [1.807, 2.05) is 12.1 Å². The normalized spacial score (nSPS) is 17.0. The van der Waals surface area contributed by atoms with E-state index in [4.69, 9.17) is 16.9 Å². The summed E-state index contributed by atoms with van der Waals surface area (Å²) in [6.07, 6.45) is 1.78. The van der Waals surface area contributed by atoms with Crippen LogP contribution in [0.3, 0.4) is 0 Å². The molecule has 2 atom stereocenters. The average molecular weight is 505 g/mol. The molecule has 2 aromatic rings. The Morgan fingerprint density at radius 1 is 1.17 bits per heavy atom. The van der Waals surface area contributed by atoms with Crippen molar-refractivity contribution < 1.29 is 23.1 Å². The van der Waals surface area contributed by atoms with Gasteiger partial charge in [0.15, 0.2) is 5.96 Å². The number of amides is 2. The number of carbonyl (C=O) groups is 2. The highest BCUT2D eigenvalue weighted by atomic mass is 32.2. The molecule has 2 amide bonds. The summed E-state index contributed by atoms with van der Waals surface area (Å²) in [7, 11) is -4.20. The Morgan fingerprint density at radius 2 is 1.89 bits per heavy atom. The van der Waals surface area contributed by atoms with E-state index in [9.17, 15) is 23.1 Å². The molecule has 0 unspecified atom stereocenters. The average Bonchev–Trinajstić information content (AvgIpc) is 3.33. The first-order valence-corrected chi connectivity index (χ1v) is 12.9. The summed E-state index contributed by atoms with van der Waals surface area (Å²) < 4.78 is 28.5. The fourth-order valence-electron chi connectivity index (χ4n) is 4.33. The summed E-state index contributed by atoms with van der Waals surface area (Å²) in [5, 5.41) is 21.7. The van der Waals surface area contributed by atoms with E-state index in [1.165, 1.54) is 17.0 Å². The van der Waals surface area contributed by atoms with Gasteiger partial charge in [-0.15, -0.1) is 0 Å². The van der Waals surface area contributed by atoms with E-state index in [0.717, 1.165) is 15.1 Å². The minimum absolute atomic E-state index is 0.00261. The van der Waals surface area contributed by atoms with Crippen LogP contribution in [0.2, 0.25) is 0 Å². The molecule has 1 fully saturated rings. The Labute approximate surface area is 204 Å². The van der Waals surface area contributed by atoms with Crippen LogP contribution in [0, 0.1) is 5.41 Å². The quantitative estimate of drug-likeness (QED) is 0.161. The topological polar surface area (TPSA) is 183 Å². The molecule has 1 aliphatic heterocycles. The van der Waals surface area contributed by atoms with Crippen LogP contribution in [0.1, 0.15) is 25.7 Å². The van der Waals surface area contributed by atoms with Gasteiger partial charge in [0.05, 0.1) is 11.5 Å². The number of fused-ring (bicyclic) bond motifs is 1. The smallest absolute Gasteiger partial charge is 0.244 e. The van der Waals surface area contributed by atoms with Gasteiger partial charge in [-0.05, 0) is 48.6 Å². The number of carbonyl (C=O) groups excluding carboxylic acids is 2. The predicted molar refractivity (Wildman–Crippen MR) is 132 cm³/mol. The van der Waals surface area contributed by atoms with Gasteiger partial charge in [0.25, 0.3) is 0 Å². The lowest BCUT2D eigenvalue weighted by Crippen LogP contribution is -2.55. The summed E-state index contributed by atoms with van der Waals surface area (Å²) in [4.78, 5) is 26.5. The van der Waals surface area contributed by atoms with E-state index >= 15 is 0 Å². The van der Waals surface area contributed by atoms with Gasteiger partial charge in [-0.2, -0.15) is 4.31 Å². The van der Waals surface area contributed by atoms with Crippen molar-refractivity contribution in [2.45, 2.75) is 42.7 Å². The van der Waals surface area contributed by atoms with Crippen molar-refractivity contribution in [3.8, 4) is 0 Å². The summed E-state index contributed by atoms with van der Waals surface area (Å²) >= 11 is 0. The Balaban J connectivity index is 1.93. The molecule has 1 saturated heterocycles. The van der Waals surface area contributed by atoms with Crippen LogP contribution >= 0.6 is 0 Å². The molecule has 0 aliphatic carbocycles. The highest BCUT2D eigenvalue weighted by Crippen LogP contribution is 2.26. The van der Waals surface area contributed by atoms with Crippen molar-refractivity contribution in [3.05, 3.63) is 42.5 Å². The molecule has 1 aliphatic rings. The zero-order valence-corrected chi connectivity index (χ0v) is 20.2. The van der Waals surface area contributed by atoms with Gasteiger partial charge in [0.2, 0.25) is 21.8 Å². The third kappa shape index (κ3) is 6.08. The number of hydrogen-bond donors (Lipinski definition) is 5. The lowest BCUT2D eigenvalue weighted by Gasteiger charge is -2.33. The van der Waals surface area contributed by atoms with Crippen molar-refractivity contribution in [2.75, 3.05) is 26.2 Å². The van der Waals surface area contributed by atoms with Gasteiger partial charge in [-0.1, -0.05) is 30.3 Å². The van der Waals surface area contributed by atoms with Crippen LogP contribution in [-0.4, -0.2) is 78.8 Å². The zero-order chi connectivity index (χ0) is 25.6. The van der Waals surface area contributed by atoms with Crippen molar-refractivity contribution in [1.29, 1.82) is 5.41 Å². The van der Waals surface area contributed by atoms with Crippen molar-refractivity contribution in [1.82, 2.24) is 14.5 Å². The summed E-state index contributed by atoms with van der Waals surface area (Å²) in [6, 6.07) is 9.77. The Bertz CT molecular complexity index is 1190. The van der Waals surface area contributed by atoms with Gasteiger partial charge in [-0.25, -0.2) is 8.42 Å². The number of hydrogen-bond acceptors (Lipinski definition) is 6. The number of primary amides is 1. The molecule has 0 radical (unpaired) electrons. The molecule has 0 saturated carbocycles. The van der Waals surface area contributed by atoms with E-state index in [2.05, 4.69) is 5.32 Å². The maximum atomic E-state index is 13.8. The minimum atomic E-state index is -4.20. The second-order valence-corrected chi connectivity index (χ2v) is 10.4. The predicted octanol–water partition coefficient (Wildman–Crippen LogP) is -0.0690. The molecular formula is C23H32N6O5S. The molecule has 7 N–H and O–H groups in total. The molecular weight excluding hydrogens is 472 g/mol. The number of rotatable bonds is 11. The Morgan fingerprint density at radius 3 is 2.54 bits per heavy atom. The first-order chi connectivity index (χ1) is 16.7. The fourth-order valence-corrected chi connectivity index (χ4v) is 5.98. The molecule has 0 aromatic heterocycles. The molecule has 190 valence electrons. The first kappa shape index (κ1) is 26.4. The molecule has 2 aromatic carbocycles. The molecule has 1 heterocycles. The van der Waals surface area contributed by atoms with Crippen LogP contribution in [0.4, 0.5) is 0 Å². The standard InChI is InChI=1S/C23H32N6O5S/c24-21(31)19-8-5-12-28(19)22(32)20(15-30)29(13-4-3-11-27-23(25)26)35(33,34)18-10-9-16-6-1-2-7-17(16)14-18/h1-2,6-7,9-10,14,19-20,30H,3-5,8,11-13,15H2,(H2,24,31)(H4,25,26,27)/t19-,20-/m0/s1. The number of nitrogens with one attached hydrogen (secondary N) is 2. The van der Waals surface area contributed by atoms with Gasteiger partial charge >= 0.3 is 0 Å². The maximum Gasteiger partial charge on any atom is 0.244 e. The SMILES string of the molecule is N=C(N)NCCCCN([C@@H](CO)C(=O)N1CCC[C@H]1C(N)=O)S(=O)(=O)c1ccc2ccccc2c1. The number of nitrogens with two attached hydrogens (primary N) is 2. The number of aliphatic hydroxyl groups excluding tert-OH is 1. The Hall–Kier alpha value is -3.22. The van der Waals surface area contributed by atoms with Crippen molar-refractivity contribution in [2.24, 2.45) is 11.5 Å². The van der Waals surface area contributed by atoms with Gasteiger partial charge in [0.1, 0.15) is 12.1 Å². The van der Waals surface area contributed by atoms with Crippen LogP contribution in [0.15, 0.2) is 47.4 Å². The summed E-state index contributed by atoms with van der Waals surface area (Å²) in [6.45, 7) is -0.192. The molecule has 3 rings (SSSR count). The summed E-state index contributed by atoms with van der Waals surface area (Å²) in [5.74, 6) is -1.51. The van der Waals surface area contributed by atoms with Crippen LogP contribution in [0.25, 0.3) is 10.8 Å². The van der Waals surface area contributed by atoms with E-state index in [-0.39, 0.29) is 23.9 Å². The summed E-state index contributed by atoms with van der Waals surface area (Å²) in [5.41, 5.74) is 10.7. The first-order valence-electron chi connectivity index (χ1n) is 11.5. The van der Waals surface area contributed by atoms with Crippen LogP contribution in [0.5, 0.6) is 0 Å². The van der Waals surface area contributed by atoms with Crippen molar-refractivity contribution in [3.63, 3.8) is 0 Å². The zero-order valence-electron chi connectivity index (χ0n) is 19.4. The van der Waals surface area contributed by atoms with E-state index in [0.29, 0.717) is 32.2 Å². The molecule has 11 nitrogen and oxygen atoms in total. The van der Waals surface area contributed by atoms with Crippen LogP contribution in [-0.2, 0) is 19.6 Å². The molecule has 35 heavy (non-hydrogen) atoms. The van der Waals surface area contributed by atoms with E-state index < -0.39 is 40.5 Å². The number of aliphatic hydroxyl groups is 1. The molecule has 0 spiro atoms.